The fraction of sp³-hybridized carbons (Fsp3) is 0.364. The minimum absolute atomic E-state index is 0.0591. The predicted molar refractivity (Wildman–Crippen MR) is 53.9 cm³/mol. The molecule has 0 spiro atoms. The van der Waals surface area contributed by atoms with E-state index in [1.807, 2.05) is 6.92 Å². The van der Waals surface area contributed by atoms with Gasteiger partial charge in [-0.2, -0.15) is 0 Å². The Hall–Kier alpha value is -1.51. The molecule has 0 atom stereocenters. The van der Waals surface area contributed by atoms with Crippen LogP contribution in [-0.2, 0) is 0 Å². The normalized spacial score (nSPS) is 9.86. The maximum atomic E-state index is 11.1. The highest BCUT2D eigenvalue weighted by atomic mass is 16.5. The van der Waals surface area contributed by atoms with E-state index in [4.69, 9.17) is 4.74 Å². The third kappa shape index (κ3) is 2.76. The maximum Gasteiger partial charge on any atom is 0.160 e. The van der Waals surface area contributed by atoms with Gasteiger partial charge in [-0.15, -0.1) is 0 Å². The highest BCUT2D eigenvalue weighted by Gasteiger charge is 2.04. The number of ketones is 1. The summed E-state index contributed by atoms with van der Waals surface area (Å²) in [6, 6.07) is 4.57. The first-order valence-electron chi connectivity index (χ1n) is 4.61. The van der Waals surface area contributed by atoms with Crippen molar-refractivity contribution in [2.75, 3.05) is 6.61 Å². The summed E-state index contributed by atoms with van der Waals surface area (Å²) in [5.74, 6) is 0.517. The molecule has 0 heterocycles. The zero-order valence-corrected chi connectivity index (χ0v) is 8.41. The summed E-state index contributed by atoms with van der Waals surface area (Å²) in [5, 5.41) is 9.31. The van der Waals surface area contributed by atoms with Gasteiger partial charge in [0.25, 0.3) is 0 Å². The second kappa shape index (κ2) is 4.65. The van der Waals surface area contributed by atoms with E-state index in [1.165, 1.54) is 19.1 Å². The van der Waals surface area contributed by atoms with Gasteiger partial charge >= 0.3 is 0 Å². The molecule has 0 amide bonds. The number of benzene rings is 1. The van der Waals surface area contributed by atoms with E-state index in [-0.39, 0.29) is 11.5 Å². The van der Waals surface area contributed by atoms with Gasteiger partial charge in [0.2, 0.25) is 0 Å². The van der Waals surface area contributed by atoms with Gasteiger partial charge in [-0.1, -0.05) is 6.92 Å². The van der Waals surface area contributed by atoms with E-state index < -0.39 is 0 Å². The van der Waals surface area contributed by atoms with Crippen LogP contribution < -0.4 is 4.74 Å². The molecule has 0 aliphatic heterocycles. The topological polar surface area (TPSA) is 46.5 Å². The number of carbonyl (C=O) groups excluding carboxylic acids is 1. The molecule has 0 radical (unpaired) electrons. The predicted octanol–water partition coefficient (Wildman–Crippen LogP) is 2.38. The lowest BCUT2D eigenvalue weighted by atomic mass is 10.1. The van der Waals surface area contributed by atoms with Gasteiger partial charge in [-0.05, 0) is 25.5 Å². The molecule has 14 heavy (non-hydrogen) atoms. The summed E-state index contributed by atoms with van der Waals surface area (Å²) in [4.78, 5) is 11.1. The first-order valence-corrected chi connectivity index (χ1v) is 4.61. The fourth-order valence-electron chi connectivity index (χ4n) is 1.09. The number of ether oxygens (including phenoxy) is 1. The van der Waals surface area contributed by atoms with Gasteiger partial charge in [0.15, 0.2) is 5.78 Å². The lowest BCUT2D eigenvalue weighted by Gasteiger charge is -2.06. The lowest BCUT2D eigenvalue weighted by Crippen LogP contribution is -1.97. The van der Waals surface area contributed by atoms with Crippen LogP contribution in [0.5, 0.6) is 11.5 Å². The number of hydrogen-bond acceptors (Lipinski definition) is 3. The molecular weight excluding hydrogens is 180 g/mol. The second-order valence-electron chi connectivity index (χ2n) is 3.12. The molecule has 0 aromatic heterocycles. The average molecular weight is 194 g/mol. The van der Waals surface area contributed by atoms with Crippen molar-refractivity contribution in [2.24, 2.45) is 0 Å². The van der Waals surface area contributed by atoms with E-state index in [0.717, 1.165) is 6.42 Å². The van der Waals surface area contributed by atoms with Gasteiger partial charge in [0.05, 0.1) is 6.61 Å². The van der Waals surface area contributed by atoms with Gasteiger partial charge in [0.1, 0.15) is 11.5 Å². The molecule has 0 unspecified atom stereocenters. The van der Waals surface area contributed by atoms with Crippen molar-refractivity contribution in [2.45, 2.75) is 20.3 Å². The summed E-state index contributed by atoms with van der Waals surface area (Å²) in [7, 11) is 0. The molecule has 0 bridgehead atoms. The molecule has 0 fully saturated rings. The average Bonchev–Trinajstić information content (AvgIpc) is 2.14. The van der Waals surface area contributed by atoms with Gasteiger partial charge in [0, 0.05) is 11.6 Å². The number of hydrogen-bond donors (Lipinski definition) is 1. The minimum Gasteiger partial charge on any atom is -0.508 e. The Labute approximate surface area is 83.3 Å². The standard InChI is InChI=1S/C11H14O3/c1-3-4-14-11-6-9(8(2)12)5-10(13)7-11/h5-7,13H,3-4H2,1-2H3. The molecule has 0 aliphatic rings. The second-order valence-corrected chi connectivity index (χ2v) is 3.12. The Balaban J connectivity index is 2.89. The molecule has 1 N–H and O–H groups in total. The van der Waals surface area contributed by atoms with Crippen molar-refractivity contribution in [3.8, 4) is 11.5 Å². The summed E-state index contributed by atoms with van der Waals surface area (Å²) < 4.78 is 5.31. The van der Waals surface area contributed by atoms with Crippen LogP contribution in [0.2, 0.25) is 0 Å². The van der Waals surface area contributed by atoms with Crippen LogP contribution in [-0.4, -0.2) is 17.5 Å². The van der Waals surface area contributed by atoms with E-state index in [1.54, 1.807) is 6.07 Å². The van der Waals surface area contributed by atoms with Crippen molar-refractivity contribution < 1.29 is 14.6 Å². The molecule has 3 nitrogen and oxygen atoms in total. The molecule has 1 aromatic rings. The molecular formula is C11H14O3. The van der Waals surface area contributed by atoms with Gasteiger partial charge in [-0.3, -0.25) is 4.79 Å². The van der Waals surface area contributed by atoms with Crippen LogP contribution in [0.1, 0.15) is 30.6 Å². The van der Waals surface area contributed by atoms with Crippen LogP contribution in [0.4, 0.5) is 0 Å². The van der Waals surface area contributed by atoms with Crippen LogP contribution in [0.15, 0.2) is 18.2 Å². The number of phenols is 1. The SMILES string of the molecule is CCCOc1cc(O)cc(C(C)=O)c1. The van der Waals surface area contributed by atoms with Crippen molar-refractivity contribution >= 4 is 5.78 Å². The van der Waals surface area contributed by atoms with Crippen molar-refractivity contribution in [3.05, 3.63) is 23.8 Å². The largest absolute Gasteiger partial charge is 0.508 e. The molecule has 1 rings (SSSR count). The highest BCUT2D eigenvalue weighted by Crippen LogP contribution is 2.22. The number of Topliss-reactive ketones (excluding diaryl/α,β-unsaturated/α-hetero) is 1. The van der Waals surface area contributed by atoms with E-state index in [2.05, 4.69) is 0 Å². The summed E-state index contributed by atoms with van der Waals surface area (Å²) in [6.45, 7) is 4.04. The van der Waals surface area contributed by atoms with Crippen LogP contribution in [0.3, 0.4) is 0 Å². The monoisotopic (exact) mass is 194 g/mol. The number of phenolic OH excluding ortho intramolecular Hbond substituents is 1. The Morgan fingerprint density at radius 1 is 1.43 bits per heavy atom. The zero-order chi connectivity index (χ0) is 10.6. The Bertz CT molecular complexity index is 331. The minimum atomic E-state index is -0.0813. The Morgan fingerprint density at radius 3 is 2.71 bits per heavy atom. The highest BCUT2D eigenvalue weighted by molar-refractivity contribution is 5.94. The maximum absolute atomic E-state index is 11.1. The van der Waals surface area contributed by atoms with E-state index in [9.17, 15) is 9.90 Å². The first kappa shape index (κ1) is 10.6. The molecule has 0 aliphatic carbocycles. The first-order chi connectivity index (χ1) is 6.63. The quantitative estimate of drug-likeness (QED) is 0.748. The Morgan fingerprint density at radius 2 is 2.14 bits per heavy atom. The Kier molecular flexibility index (Phi) is 3.51. The van der Waals surface area contributed by atoms with E-state index in [0.29, 0.717) is 17.9 Å². The van der Waals surface area contributed by atoms with Crippen LogP contribution in [0, 0.1) is 0 Å². The molecule has 1 aromatic carbocycles. The number of rotatable bonds is 4. The lowest BCUT2D eigenvalue weighted by molar-refractivity contribution is 0.101. The number of carbonyl (C=O) groups is 1. The summed E-state index contributed by atoms with van der Waals surface area (Å²) >= 11 is 0. The third-order valence-electron chi connectivity index (χ3n) is 1.77. The molecule has 0 saturated heterocycles. The van der Waals surface area contributed by atoms with Gasteiger partial charge < -0.3 is 9.84 Å². The zero-order valence-electron chi connectivity index (χ0n) is 8.41. The van der Waals surface area contributed by atoms with Crippen LogP contribution >= 0.6 is 0 Å². The van der Waals surface area contributed by atoms with E-state index >= 15 is 0 Å². The van der Waals surface area contributed by atoms with Crippen molar-refractivity contribution in [1.29, 1.82) is 0 Å². The smallest absolute Gasteiger partial charge is 0.160 e. The van der Waals surface area contributed by atoms with Crippen LogP contribution in [0.25, 0.3) is 0 Å². The molecule has 0 saturated carbocycles. The van der Waals surface area contributed by atoms with Gasteiger partial charge in [-0.25, -0.2) is 0 Å². The molecule has 76 valence electrons. The third-order valence-corrected chi connectivity index (χ3v) is 1.77. The molecule has 3 heteroatoms. The summed E-state index contributed by atoms with van der Waals surface area (Å²) in [5.41, 5.74) is 0.469. The van der Waals surface area contributed by atoms with Crippen molar-refractivity contribution in [1.82, 2.24) is 0 Å². The van der Waals surface area contributed by atoms with Crippen molar-refractivity contribution in [3.63, 3.8) is 0 Å². The summed E-state index contributed by atoms with van der Waals surface area (Å²) in [6.07, 6.45) is 0.894. The number of aromatic hydroxyl groups is 1. The fourth-order valence-corrected chi connectivity index (χ4v) is 1.09.